The van der Waals surface area contributed by atoms with Crippen LogP contribution in [0.15, 0.2) is 6.20 Å². The highest BCUT2D eigenvalue weighted by atomic mass is 32.1. The van der Waals surface area contributed by atoms with Crippen LogP contribution in [0.4, 0.5) is 5.13 Å². The molecule has 0 aromatic carbocycles. The molecule has 0 aliphatic rings. The molecule has 1 aromatic heterocycles. The molecule has 5 nitrogen and oxygen atoms in total. The molecule has 2 N–H and O–H groups in total. The maximum absolute atomic E-state index is 5.63. The summed E-state index contributed by atoms with van der Waals surface area (Å²) in [5, 5.41) is 0.617. The lowest BCUT2D eigenvalue weighted by molar-refractivity contribution is 0.0711. The number of nitrogens with zero attached hydrogens (tertiary/aromatic N) is 2. The summed E-state index contributed by atoms with van der Waals surface area (Å²) in [7, 11) is 3.43. The second kappa shape index (κ2) is 7.60. The lowest BCUT2D eigenvalue weighted by Gasteiger charge is -2.27. The van der Waals surface area contributed by atoms with Gasteiger partial charge in [-0.2, -0.15) is 0 Å². The number of hydrogen-bond donors (Lipinski definition) is 1. The van der Waals surface area contributed by atoms with Gasteiger partial charge in [-0.25, -0.2) is 4.98 Å². The molecule has 1 heterocycles. The first-order chi connectivity index (χ1) is 8.17. The maximum Gasteiger partial charge on any atom is 0.180 e. The number of aromatic nitrogens is 1. The zero-order chi connectivity index (χ0) is 12.7. The molecule has 0 saturated carbocycles. The minimum Gasteiger partial charge on any atom is -0.383 e. The van der Waals surface area contributed by atoms with Crippen molar-refractivity contribution < 1.29 is 9.47 Å². The predicted molar refractivity (Wildman–Crippen MR) is 70.2 cm³/mol. The Kier molecular flexibility index (Phi) is 6.43. The average Bonchev–Trinajstić information content (AvgIpc) is 2.70. The molecule has 0 aliphatic heterocycles. The Balaban J connectivity index is 2.55. The highest BCUT2D eigenvalue weighted by Gasteiger charge is 2.15. The van der Waals surface area contributed by atoms with Crippen LogP contribution in [0.2, 0.25) is 0 Å². The molecular formula is C11H21N3O2S. The summed E-state index contributed by atoms with van der Waals surface area (Å²) in [4.78, 5) is 7.54. The molecule has 0 fully saturated rings. The van der Waals surface area contributed by atoms with Gasteiger partial charge in [-0.1, -0.05) is 0 Å². The number of methoxy groups -OCH3 is 2. The zero-order valence-corrected chi connectivity index (χ0v) is 11.5. The van der Waals surface area contributed by atoms with E-state index in [-0.39, 0.29) is 0 Å². The molecule has 1 atom stereocenters. The van der Waals surface area contributed by atoms with Gasteiger partial charge in [-0.3, -0.25) is 4.90 Å². The molecular weight excluding hydrogens is 238 g/mol. The van der Waals surface area contributed by atoms with Gasteiger partial charge < -0.3 is 15.2 Å². The molecule has 0 saturated heterocycles. The van der Waals surface area contributed by atoms with E-state index in [1.807, 2.05) is 6.20 Å². The van der Waals surface area contributed by atoms with Gasteiger partial charge in [0.2, 0.25) is 0 Å². The molecule has 0 amide bonds. The summed E-state index contributed by atoms with van der Waals surface area (Å²) in [6.45, 7) is 5.27. The molecule has 1 unspecified atom stereocenters. The van der Waals surface area contributed by atoms with Gasteiger partial charge in [0, 0.05) is 44.4 Å². The predicted octanol–water partition coefficient (Wildman–Crippen LogP) is 1.21. The lowest BCUT2D eigenvalue weighted by Crippen LogP contribution is -2.37. The third-order valence-corrected chi connectivity index (χ3v) is 3.36. The minimum atomic E-state index is 0.346. The van der Waals surface area contributed by atoms with E-state index >= 15 is 0 Å². The summed E-state index contributed by atoms with van der Waals surface area (Å²) in [6.07, 6.45) is 1.83. The molecule has 6 heteroatoms. The van der Waals surface area contributed by atoms with E-state index in [1.54, 1.807) is 14.2 Å². The fraction of sp³-hybridized carbons (Fsp3) is 0.727. The number of nitrogen functional groups attached to an aromatic ring is 1. The summed E-state index contributed by atoms with van der Waals surface area (Å²) < 4.78 is 10.3. The van der Waals surface area contributed by atoms with Crippen molar-refractivity contribution in [1.29, 1.82) is 0 Å². The van der Waals surface area contributed by atoms with Crippen molar-refractivity contribution in [2.45, 2.75) is 19.5 Å². The first-order valence-electron chi connectivity index (χ1n) is 5.59. The topological polar surface area (TPSA) is 60.6 Å². The number of hydrogen-bond acceptors (Lipinski definition) is 6. The first kappa shape index (κ1) is 14.4. The Labute approximate surface area is 107 Å². The molecule has 17 heavy (non-hydrogen) atoms. The van der Waals surface area contributed by atoms with Crippen LogP contribution in [-0.4, -0.2) is 49.9 Å². The maximum atomic E-state index is 5.63. The van der Waals surface area contributed by atoms with Crippen molar-refractivity contribution in [1.82, 2.24) is 9.88 Å². The van der Waals surface area contributed by atoms with Gasteiger partial charge in [0.1, 0.15) is 0 Å². The molecule has 0 radical (unpaired) electrons. The van der Waals surface area contributed by atoms with E-state index < -0.39 is 0 Å². The molecule has 0 bridgehead atoms. The molecule has 0 aliphatic carbocycles. The first-order valence-corrected chi connectivity index (χ1v) is 6.41. The van der Waals surface area contributed by atoms with E-state index in [0.717, 1.165) is 13.1 Å². The second-order valence-corrected chi connectivity index (χ2v) is 5.08. The summed E-state index contributed by atoms with van der Waals surface area (Å²) in [5.74, 6) is 0. The van der Waals surface area contributed by atoms with Crippen LogP contribution in [0.1, 0.15) is 11.8 Å². The smallest absolute Gasteiger partial charge is 0.180 e. The highest BCUT2D eigenvalue weighted by Crippen LogP contribution is 2.17. The largest absolute Gasteiger partial charge is 0.383 e. The second-order valence-electron chi connectivity index (χ2n) is 3.93. The quantitative estimate of drug-likeness (QED) is 0.760. The van der Waals surface area contributed by atoms with Gasteiger partial charge in [0.25, 0.3) is 0 Å². The minimum absolute atomic E-state index is 0.346. The number of thiazole rings is 1. The van der Waals surface area contributed by atoms with Crippen LogP contribution in [0, 0.1) is 0 Å². The fourth-order valence-corrected chi connectivity index (χ4v) is 2.32. The summed E-state index contributed by atoms with van der Waals surface area (Å²) in [6, 6.07) is 0.346. The van der Waals surface area contributed by atoms with Crippen LogP contribution in [0.25, 0.3) is 0 Å². The average molecular weight is 259 g/mol. The van der Waals surface area contributed by atoms with Crippen molar-refractivity contribution in [3.05, 3.63) is 11.1 Å². The number of rotatable bonds is 8. The van der Waals surface area contributed by atoms with Gasteiger partial charge in [-0.05, 0) is 6.92 Å². The monoisotopic (exact) mass is 259 g/mol. The Hall–Kier alpha value is -0.690. The lowest BCUT2D eigenvalue weighted by atomic mass is 10.3. The van der Waals surface area contributed by atoms with Crippen LogP contribution < -0.4 is 5.73 Å². The number of anilines is 1. The molecule has 1 rings (SSSR count). The van der Waals surface area contributed by atoms with Crippen molar-refractivity contribution in [3.63, 3.8) is 0 Å². The van der Waals surface area contributed by atoms with E-state index in [1.165, 1.54) is 16.2 Å². The summed E-state index contributed by atoms with van der Waals surface area (Å²) in [5.41, 5.74) is 5.63. The Morgan fingerprint density at radius 2 is 2.24 bits per heavy atom. The van der Waals surface area contributed by atoms with Crippen molar-refractivity contribution in [2.75, 3.05) is 39.7 Å². The Morgan fingerprint density at radius 3 is 2.76 bits per heavy atom. The zero-order valence-electron chi connectivity index (χ0n) is 10.7. The van der Waals surface area contributed by atoms with Crippen LogP contribution in [0.5, 0.6) is 0 Å². The van der Waals surface area contributed by atoms with E-state index in [0.29, 0.717) is 24.4 Å². The Bertz CT molecular complexity index is 319. The fourth-order valence-electron chi connectivity index (χ4n) is 1.61. The van der Waals surface area contributed by atoms with Gasteiger partial charge >= 0.3 is 0 Å². The van der Waals surface area contributed by atoms with Crippen molar-refractivity contribution >= 4 is 16.5 Å². The Morgan fingerprint density at radius 1 is 1.47 bits per heavy atom. The molecule has 1 aromatic rings. The van der Waals surface area contributed by atoms with Gasteiger partial charge in [0.15, 0.2) is 5.13 Å². The number of nitrogens with two attached hydrogens (primary N) is 1. The third kappa shape index (κ3) is 4.99. The van der Waals surface area contributed by atoms with Crippen LogP contribution in [-0.2, 0) is 16.0 Å². The summed E-state index contributed by atoms with van der Waals surface area (Å²) >= 11 is 1.53. The van der Waals surface area contributed by atoms with Crippen molar-refractivity contribution in [3.8, 4) is 0 Å². The molecule has 0 spiro atoms. The van der Waals surface area contributed by atoms with Crippen molar-refractivity contribution in [2.24, 2.45) is 0 Å². The normalized spacial score (nSPS) is 13.2. The van der Waals surface area contributed by atoms with Crippen LogP contribution >= 0.6 is 11.3 Å². The van der Waals surface area contributed by atoms with Gasteiger partial charge in [-0.15, -0.1) is 11.3 Å². The van der Waals surface area contributed by atoms with Gasteiger partial charge in [0.05, 0.1) is 13.2 Å². The van der Waals surface area contributed by atoms with E-state index in [2.05, 4.69) is 16.8 Å². The third-order valence-electron chi connectivity index (χ3n) is 2.54. The highest BCUT2D eigenvalue weighted by molar-refractivity contribution is 7.15. The van der Waals surface area contributed by atoms with E-state index in [4.69, 9.17) is 15.2 Å². The van der Waals surface area contributed by atoms with Crippen LogP contribution in [0.3, 0.4) is 0 Å². The number of ether oxygens (including phenoxy) is 2. The SMILES string of the molecule is COCCN(Cc1cnc(N)s1)C(C)COC. The standard InChI is InChI=1S/C11H21N3O2S/c1-9(8-16-3)14(4-5-15-2)7-10-6-13-11(12)17-10/h6,9H,4-5,7-8H2,1-3H3,(H2,12,13). The van der Waals surface area contributed by atoms with E-state index in [9.17, 15) is 0 Å². The molecule has 98 valence electrons.